The van der Waals surface area contributed by atoms with Crippen molar-refractivity contribution in [2.75, 3.05) is 5.32 Å². The first kappa shape index (κ1) is 21.0. The van der Waals surface area contributed by atoms with Gasteiger partial charge in [-0.15, -0.1) is 10.2 Å². The molecule has 1 aromatic carbocycles. The van der Waals surface area contributed by atoms with E-state index >= 15 is 0 Å². The van der Waals surface area contributed by atoms with Gasteiger partial charge in [-0.3, -0.25) is 4.57 Å². The minimum absolute atomic E-state index is 0.0302. The van der Waals surface area contributed by atoms with E-state index in [1.54, 1.807) is 13.0 Å². The first-order valence-electron chi connectivity index (χ1n) is 8.57. The van der Waals surface area contributed by atoms with Crippen LogP contribution in [0.3, 0.4) is 0 Å². The van der Waals surface area contributed by atoms with Gasteiger partial charge in [0.25, 0.3) is 0 Å². The van der Waals surface area contributed by atoms with Crippen LogP contribution in [-0.4, -0.2) is 29.1 Å². The van der Waals surface area contributed by atoms with Crippen molar-refractivity contribution in [1.29, 1.82) is 0 Å². The molecule has 1 atom stereocenters. The van der Waals surface area contributed by atoms with Gasteiger partial charge in [-0.25, -0.2) is 9.97 Å². The van der Waals surface area contributed by atoms with Crippen molar-refractivity contribution in [3.63, 3.8) is 0 Å². The van der Waals surface area contributed by atoms with E-state index in [0.29, 0.717) is 23.4 Å². The summed E-state index contributed by atoms with van der Waals surface area (Å²) in [5.74, 6) is 0.555. The number of aromatic nitrogens is 6. The second kappa shape index (κ2) is 7.44. The Hall–Kier alpha value is -3.29. The fourth-order valence-corrected chi connectivity index (χ4v) is 3.76. The zero-order valence-corrected chi connectivity index (χ0v) is 16.2. The Morgan fingerprint density at radius 3 is 2.39 bits per heavy atom. The highest BCUT2D eigenvalue weighted by Crippen LogP contribution is 2.43. The average Bonchev–Trinajstić information content (AvgIpc) is 3.34. The molecule has 0 aliphatic rings. The predicted molar refractivity (Wildman–Crippen MR) is 98.6 cm³/mol. The van der Waals surface area contributed by atoms with E-state index in [0.717, 1.165) is 0 Å². The van der Waals surface area contributed by atoms with Crippen molar-refractivity contribution in [2.45, 2.75) is 25.3 Å². The van der Waals surface area contributed by atoms with Crippen LogP contribution in [0.4, 0.5) is 31.3 Å². The lowest BCUT2D eigenvalue weighted by atomic mass is 10.1. The summed E-state index contributed by atoms with van der Waals surface area (Å²) in [4.78, 5) is 8.15. The topological polar surface area (TPSA) is 81.4 Å². The number of halogens is 6. The number of rotatable bonds is 4. The third-order valence-electron chi connectivity index (χ3n) is 4.29. The van der Waals surface area contributed by atoms with Crippen LogP contribution >= 0.6 is 11.5 Å². The summed E-state index contributed by atoms with van der Waals surface area (Å²) in [5, 5.41) is 10.4. The molecule has 1 unspecified atom stereocenters. The molecule has 3 heterocycles. The highest BCUT2D eigenvalue weighted by molar-refractivity contribution is 7.11. The molecule has 162 valence electrons. The van der Waals surface area contributed by atoms with Gasteiger partial charge in [0, 0.05) is 17.8 Å². The van der Waals surface area contributed by atoms with Crippen molar-refractivity contribution < 1.29 is 26.3 Å². The largest absolute Gasteiger partial charge is 0.418 e. The highest BCUT2D eigenvalue weighted by atomic mass is 32.1. The number of alkyl halides is 6. The van der Waals surface area contributed by atoms with Crippen LogP contribution in [0, 0.1) is 0 Å². The number of fused-ring (bicyclic) bond motifs is 1. The van der Waals surface area contributed by atoms with Crippen LogP contribution in [-0.2, 0) is 12.4 Å². The van der Waals surface area contributed by atoms with E-state index in [4.69, 9.17) is 0 Å². The van der Waals surface area contributed by atoms with Gasteiger partial charge in [-0.2, -0.15) is 30.7 Å². The zero-order valence-electron chi connectivity index (χ0n) is 15.4. The summed E-state index contributed by atoms with van der Waals surface area (Å²) >= 11 is 0.623. The standard InChI is InChI=1S/C17H11F6N7S/c1-8(13-28-26-7-30(13)15-24-3-2-4-25-15)27-14-10-5-9(16(18,19)20)6-11(17(21,22)23)12(10)29-31-14/h2-8,27H,1H3. The van der Waals surface area contributed by atoms with Gasteiger partial charge in [0.1, 0.15) is 11.3 Å². The molecule has 0 aliphatic carbocycles. The van der Waals surface area contributed by atoms with Crippen molar-refractivity contribution in [3.8, 4) is 5.95 Å². The van der Waals surface area contributed by atoms with Crippen LogP contribution in [0.15, 0.2) is 36.9 Å². The fraction of sp³-hybridized carbons (Fsp3) is 0.235. The molecule has 7 nitrogen and oxygen atoms in total. The van der Waals surface area contributed by atoms with E-state index in [1.807, 2.05) is 0 Å². The van der Waals surface area contributed by atoms with Gasteiger partial charge in [0.05, 0.1) is 22.7 Å². The molecular formula is C17H11F6N7S. The van der Waals surface area contributed by atoms with Crippen LogP contribution < -0.4 is 5.32 Å². The summed E-state index contributed by atoms with van der Waals surface area (Å²) in [5.41, 5.74) is -3.42. The molecule has 0 radical (unpaired) electrons. The minimum Gasteiger partial charge on any atom is -0.365 e. The molecule has 4 rings (SSSR count). The first-order chi connectivity index (χ1) is 14.6. The Morgan fingerprint density at radius 2 is 1.74 bits per heavy atom. The van der Waals surface area contributed by atoms with Crippen molar-refractivity contribution >= 4 is 27.4 Å². The molecule has 0 amide bonds. The Labute approximate surface area is 173 Å². The molecular weight excluding hydrogens is 448 g/mol. The quantitative estimate of drug-likeness (QED) is 0.438. The van der Waals surface area contributed by atoms with Gasteiger partial charge in [-0.1, -0.05) is 0 Å². The number of nitrogens with zero attached hydrogens (tertiary/aromatic N) is 6. The maximum atomic E-state index is 13.4. The summed E-state index contributed by atoms with van der Waals surface area (Å²) in [6.07, 6.45) is -5.61. The molecule has 0 fully saturated rings. The SMILES string of the molecule is CC(Nc1snc2c(C(F)(F)F)cc(C(F)(F)F)cc12)c1nncn1-c1ncccn1. The lowest BCUT2D eigenvalue weighted by Gasteiger charge is -2.15. The molecule has 0 saturated heterocycles. The van der Waals surface area contributed by atoms with Gasteiger partial charge in [0.2, 0.25) is 5.95 Å². The Kier molecular flexibility index (Phi) is 5.03. The van der Waals surface area contributed by atoms with E-state index < -0.39 is 35.0 Å². The average molecular weight is 459 g/mol. The van der Waals surface area contributed by atoms with E-state index in [1.165, 1.54) is 23.3 Å². The van der Waals surface area contributed by atoms with Crippen LogP contribution in [0.2, 0.25) is 0 Å². The van der Waals surface area contributed by atoms with Crippen LogP contribution in [0.25, 0.3) is 16.9 Å². The molecule has 3 aromatic heterocycles. The molecule has 0 aliphatic heterocycles. The molecule has 1 N–H and O–H groups in total. The van der Waals surface area contributed by atoms with Crippen LogP contribution in [0.1, 0.15) is 29.9 Å². The van der Waals surface area contributed by atoms with Gasteiger partial charge in [0.15, 0.2) is 5.82 Å². The van der Waals surface area contributed by atoms with E-state index in [-0.39, 0.29) is 22.4 Å². The lowest BCUT2D eigenvalue weighted by Crippen LogP contribution is -2.14. The monoisotopic (exact) mass is 459 g/mol. The molecule has 14 heteroatoms. The number of anilines is 1. The maximum Gasteiger partial charge on any atom is 0.418 e. The summed E-state index contributed by atoms with van der Waals surface area (Å²) in [6, 6.07) is 1.65. The van der Waals surface area contributed by atoms with Gasteiger partial charge >= 0.3 is 12.4 Å². The Bertz CT molecular complexity index is 1220. The van der Waals surface area contributed by atoms with Crippen molar-refractivity contribution in [2.24, 2.45) is 0 Å². The van der Waals surface area contributed by atoms with Gasteiger partial charge in [-0.05, 0) is 36.7 Å². The molecule has 0 bridgehead atoms. The summed E-state index contributed by atoms with van der Waals surface area (Å²) in [7, 11) is 0. The summed E-state index contributed by atoms with van der Waals surface area (Å²) < 4.78 is 84.9. The highest BCUT2D eigenvalue weighted by Gasteiger charge is 2.39. The van der Waals surface area contributed by atoms with Crippen molar-refractivity contribution in [1.82, 2.24) is 29.1 Å². The zero-order chi connectivity index (χ0) is 22.4. The fourth-order valence-electron chi connectivity index (χ4n) is 2.90. The second-order valence-electron chi connectivity index (χ2n) is 6.40. The van der Waals surface area contributed by atoms with E-state index in [2.05, 4.69) is 29.9 Å². The number of nitrogens with one attached hydrogen (secondary N) is 1. The minimum atomic E-state index is -5.00. The van der Waals surface area contributed by atoms with Crippen molar-refractivity contribution in [3.05, 3.63) is 53.9 Å². The lowest BCUT2D eigenvalue weighted by molar-refractivity contribution is -0.142. The Morgan fingerprint density at radius 1 is 1.03 bits per heavy atom. The smallest absolute Gasteiger partial charge is 0.365 e. The molecule has 0 spiro atoms. The molecule has 0 saturated carbocycles. The summed E-state index contributed by atoms with van der Waals surface area (Å²) in [6.45, 7) is 1.62. The van der Waals surface area contributed by atoms with E-state index in [9.17, 15) is 26.3 Å². The van der Waals surface area contributed by atoms with Gasteiger partial charge < -0.3 is 5.32 Å². The third kappa shape index (κ3) is 4.02. The Balaban J connectivity index is 1.76. The predicted octanol–water partition coefficient (Wildman–Crippen LogP) is 4.88. The number of hydrogen-bond donors (Lipinski definition) is 1. The normalized spacial score (nSPS) is 13.5. The number of hydrogen-bond acceptors (Lipinski definition) is 7. The maximum absolute atomic E-state index is 13.4. The second-order valence-corrected chi connectivity index (χ2v) is 7.17. The third-order valence-corrected chi connectivity index (χ3v) is 5.09. The first-order valence-corrected chi connectivity index (χ1v) is 9.34. The molecule has 31 heavy (non-hydrogen) atoms. The van der Waals surface area contributed by atoms with Crippen LogP contribution in [0.5, 0.6) is 0 Å². The number of benzene rings is 1. The molecule has 4 aromatic rings.